The molecule has 1 heterocycles. The number of likely N-dealkylation sites (N-methyl/N-ethyl adjacent to an activating group) is 1. The van der Waals surface area contributed by atoms with E-state index in [4.69, 9.17) is 4.74 Å². The van der Waals surface area contributed by atoms with Gasteiger partial charge >= 0.3 is 0 Å². The zero-order valence-electron chi connectivity index (χ0n) is 15.6. The number of rotatable bonds is 5. The zero-order valence-corrected chi connectivity index (χ0v) is 19.5. The van der Waals surface area contributed by atoms with Gasteiger partial charge in [0.1, 0.15) is 0 Å². The quantitative estimate of drug-likeness (QED) is 0.365. The van der Waals surface area contributed by atoms with Crippen LogP contribution in [0, 0.1) is 0 Å². The first-order chi connectivity index (χ1) is 11.5. The zero-order chi connectivity index (χ0) is 17.6. The summed E-state index contributed by atoms with van der Waals surface area (Å²) in [7, 11) is 8.22. The van der Waals surface area contributed by atoms with E-state index in [2.05, 4.69) is 81.4 Å². The van der Waals surface area contributed by atoms with E-state index in [0.29, 0.717) is 0 Å². The summed E-state index contributed by atoms with van der Waals surface area (Å²) in [5, 5.41) is 3.56. The van der Waals surface area contributed by atoms with E-state index >= 15 is 0 Å². The predicted octanol–water partition coefficient (Wildman–Crippen LogP) is 3.19. The molecule has 1 aromatic rings. The first-order valence-corrected chi connectivity index (χ1v) is 9.17. The van der Waals surface area contributed by atoms with Gasteiger partial charge in [0.05, 0.1) is 0 Å². The molecule has 0 aliphatic carbocycles. The Morgan fingerprint density at radius 1 is 1.20 bits per heavy atom. The molecule has 0 atom stereocenters. The van der Waals surface area contributed by atoms with Crippen LogP contribution in [-0.2, 0) is 11.3 Å². The second-order valence-electron chi connectivity index (χ2n) is 6.61. The molecule has 1 saturated heterocycles. The SMILES string of the molecule is CN=C(NCC1(N(C)C)CCOCC1)N(C)Cc1ccc(Br)cc1.I. The van der Waals surface area contributed by atoms with Crippen molar-refractivity contribution in [1.82, 2.24) is 15.1 Å². The number of halogens is 2. The van der Waals surface area contributed by atoms with Crippen LogP contribution in [0.2, 0.25) is 0 Å². The van der Waals surface area contributed by atoms with Gasteiger partial charge in [-0.25, -0.2) is 0 Å². The van der Waals surface area contributed by atoms with Gasteiger partial charge in [-0.1, -0.05) is 28.1 Å². The molecule has 1 aromatic carbocycles. The molecule has 7 heteroatoms. The Balaban J connectivity index is 0.00000312. The van der Waals surface area contributed by atoms with Crippen LogP contribution in [0.4, 0.5) is 0 Å². The molecule has 2 rings (SSSR count). The van der Waals surface area contributed by atoms with Crippen molar-refractivity contribution in [3.05, 3.63) is 34.3 Å². The maximum absolute atomic E-state index is 5.55. The lowest BCUT2D eigenvalue weighted by molar-refractivity contribution is -0.00522. The van der Waals surface area contributed by atoms with Crippen LogP contribution in [0.5, 0.6) is 0 Å². The Morgan fingerprint density at radius 2 is 1.80 bits per heavy atom. The van der Waals surface area contributed by atoms with Gasteiger partial charge in [-0.2, -0.15) is 0 Å². The van der Waals surface area contributed by atoms with Crippen LogP contribution in [-0.4, -0.2) is 69.2 Å². The average molecular weight is 525 g/mol. The van der Waals surface area contributed by atoms with Gasteiger partial charge in [-0.3, -0.25) is 4.99 Å². The largest absolute Gasteiger partial charge is 0.381 e. The van der Waals surface area contributed by atoms with Gasteiger partial charge in [-0.05, 0) is 44.6 Å². The Hall–Kier alpha value is -0.380. The summed E-state index contributed by atoms with van der Waals surface area (Å²) < 4.78 is 6.65. The fourth-order valence-corrected chi connectivity index (χ4v) is 3.36. The summed E-state index contributed by atoms with van der Waals surface area (Å²) in [5.74, 6) is 0.922. The van der Waals surface area contributed by atoms with E-state index in [0.717, 1.165) is 49.6 Å². The molecule has 0 saturated carbocycles. The van der Waals surface area contributed by atoms with Crippen molar-refractivity contribution in [2.24, 2.45) is 4.99 Å². The molecule has 1 fully saturated rings. The summed E-state index contributed by atoms with van der Waals surface area (Å²) in [5.41, 5.74) is 1.39. The average Bonchev–Trinajstić information content (AvgIpc) is 2.58. The topological polar surface area (TPSA) is 40.1 Å². The fraction of sp³-hybridized carbons (Fsp3) is 0.611. The number of nitrogens with zero attached hydrogens (tertiary/aromatic N) is 3. The Kier molecular flexibility index (Phi) is 9.69. The van der Waals surface area contributed by atoms with Crippen molar-refractivity contribution in [2.45, 2.75) is 24.9 Å². The van der Waals surface area contributed by atoms with Gasteiger partial charge in [0.15, 0.2) is 5.96 Å². The lowest BCUT2D eigenvalue weighted by atomic mass is 9.88. The van der Waals surface area contributed by atoms with E-state index in [1.807, 2.05) is 7.05 Å². The molecule has 1 N–H and O–H groups in total. The molecule has 0 bridgehead atoms. The first-order valence-electron chi connectivity index (χ1n) is 8.38. The highest BCUT2D eigenvalue weighted by Gasteiger charge is 2.35. The van der Waals surface area contributed by atoms with Crippen molar-refractivity contribution in [2.75, 3.05) is 47.9 Å². The standard InChI is InChI=1S/C18H29BrN4O.HI/c1-20-17(23(4)13-15-5-7-16(19)8-6-15)21-14-18(22(2)3)9-11-24-12-10-18;/h5-8H,9-14H2,1-4H3,(H,20,21);1H. The first kappa shape index (κ1) is 22.7. The Morgan fingerprint density at radius 3 is 2.32 bits per heavy atom. The van der Waals surface area contributed by atoms with Crippen LogP contribution in [0.3, 0.4) is 0 Å². The second-order valence-corrected chi connectivity index (χ2v) is 7.53. The number of hydrogen-bond acceptors (Lipinski definition) is 3. The molecule has 0 radical (unpaired) electrons. The van der Waals surface area contributed by atoms with Crippen molar-refractivity contribution >= 4 is 45.9 Å². The highest BCUT2D eigenvalue weighted by molar-refractivity contribution is 14.0. The summed E-state index contributed by atoms with van der Waals surface area (Å²) in [6, 6.07) is 8.41. The Labute approximate surface area is 177 Å². The molecule has 0 amide bonds. The molecule has 5 nitrogen and oxygen atoms in total. The number of ether oxygens (including phenoxy) is 1. The van der Waals surface area contributed by atoms with Crippen molar-refractivity contribution in [3.63, 3.8) is 0 Å². The lowest BCUT2D eigenvalue weighted by Crippen LogP contribution is -2.57. The highest BCUT2D eigenvalue weighted by atomic mass is 127. The third-order valence-electron chi connectivity index (χ3n) is 4.85. The molecular weight excluding hydrogens is 495 g/mol. The van der Waals surface area contributed by atoms with Crippen LogP contribution in [0.15, 0.2) is 33.7 Å². The van der Waals surface area contributed by atoms with Crippen molar-refractivity contribution in [3.8, 4) is 0 Å². The normalized spacial score (nSPS) is 17.1. The molecule has 1 aliphatic heterocycles. The van der Waals surface area contributed by atoms with Crippen LogP contribution in [0.25, 0.3) is 0 Å². The van der Waals surface area contributed by atoms with Crippen molar-refractivity contribution in [1.29, 1.82) is 0 Å². The molecule has 1 aliphatic rings. The number of nitrogens with one attached hydrogen (secondary N) is 1. The smallest absolute Gasteiger partial charge is 0.193 e. The molecule has 0 unspecified atom stereocenters. The maximum atomic E-state index is 5.55. The van der Waals surface area contributed by atoms with E-state index in [1.54, 1.807) is 0 Å². The minimum Gasteiger partial charge on any atom is -0.381 e. The number of hydrogen-bond donors (Lipinski definition) is 1. The summed E-state index contributed by atoms with van der Waals surface area (Å²) >= 11 is 3.48. The third kappa shape index (κ3) is 6.37. The number of aliphatic imine (C=N–C) groups is 1. The molecule has 25 heavy (non-hydrogen) atoms. The molecule has 0 aromatic heterocycles. The highest BCUT2D eigenvalue weighted by Crippen LogP contribution is 2.25. The monoisotopic (exact) mass is 524 g/mol. The summed E-state index contributed by atoms with van der Waals surface area (Å²) in [6.45, 7) is 3.35. The number of guanidine groups is 1. The number of benzene rings is 1. The minimum atomic E-state index is 0. The lowest BCUT2D eigenvalue weighted by Gasteiger charge is -2.43. The van der Waals surface area contributed by atoms with Crippen LogP contribution < -0.4 is 5.32 Å². The van der Waals surface area contributed by atoms with Crippen LogP contribution in [0.1, 0.15) is 18.4 Å². The van der Waals surface area contributed by atoms with E-state index in [1.165, 1.54) is 5.56 Å². The van der Waals surface area contributed by atoms with Gasteiger partial charge in [0, 0.05) is 50.4 Å². The van der Waals surface area contributed by atoms with Crippen molar-refractivity contribution < 1.29 is 4.74 Å². The van der Waals surface area contributed by atoms with Gasteiger partial charge < -0.3 is 19.9 Å². The summed E-state index contributed by atoms with van der Waals surface area (Å²) in [6.07, 6.45) is 2.08. The maximum Gasteiger partial charge on any atom is 0.193 e. The van der Waals surface area contributed by atoms with Crippen LogP contribution >= 0.6 is 39.9 Å². The molecule has 142 valence electrons. The second kappa shape index (κ2) is 10.7. The molecular formula is C18H30BrIN4O. The minimum absolute atomic E-state index is 0. The summed E-state index contributed by atoms with van der Waals surface area (Å²) in [4.78, 5) is 8.93. The molecule has 0 spiro atoms. The van der Waals surface area contributed by atoms with Gasteiger partial charge in [0.25, 0.3) is 0 Å². The predicted molar refractivity (Wildman–Crippen MR) is 119 cm³/mol. The van der Waals surface area contributed by atoms with Gasteiger partial charge in [0.2, 0.25) is 0 Å². The van der Waals surface area contributed by atoms with E-state index < -0.39 is 0 Å². The van der Waals surface area contributed by atoms with E-state index in [-0.39, 0.29) is 29.5 Å². The Bertz CT molecular complexity index is 545. The van der Waals surface area contributed by atoms with Gasteiger partial charge in [-0.15, -0.1) is 24.0 Å². The van der Waals surface area contributed by atoms with E-state index in [9.17, 15) is 0 Å². The fourth-order valence-electron chi connectivity index (χ4n) is 3.10. The third-order valence-corrected chi connectivity index (χ3v) is 5.38.